The lowest BCUT2D eigenvalue weighted by Crippen LogP contribution is -2.34. The first-order valence-corrected chi connectivity index (χ1v) is 3.70. The van der Waals surface area contributed by atoms with Crippen molar-refractivity contribution in [2.75, 3.05) is 0 Å². The number of hydrogen-bond donors (Lipinski definition) is 1. The predicted molar refractivity (Wildman–Crippen MR) is 52.5 cm³/mol. The second-order valence-corrected chi connectivity index (χ2v) is 2.53. The van der Waals surface area contributed by atoms with E-state index in [0.717, 1.165) is 4.57 Å². The van der Waals surface area contributed by atoms with E-state index in [1.165, 1.54) is 19.2 Å². The zero-order valence-electron chi connectivity index (χ0n) is 7.33. The third-order valence-corrected chi connectivity index (χ3v) is 1.78. The molecule has 0 spiro atoms. The summed E-state index contributed by atoms with van der Waals surface area (Å²) < 4.78 is 0.990. The highest BCUT2D eigenvalue weighted by Crippen LogP contribution is 1.99. The van der Waals surface area contributed by atoms with E-state index in [9.17, 15) is 9.59 Å². The summed E-state index contributed by atoms with van der Waals surface area (Å²) in [6.07, 6.45) is 2.81. The van der Waals surface area contributed by atoms with Crippen LogP contribution in [-0.4, -0.2) is 9.55 Å². The molecule has 1 aromatic heterocycles. The van der Waals surface area contributed by atoms with E-state index in [1.807, 2.05) is 0 Å². The molecule has 1 heterocycles. The van der Waals surface area contributed by atoms with Crippen molar-refractivity contribution in [1.29, 1.82) is 0 Å². The van der Waals surface area contributed by atoms with Gasteiger partial charge in [-0.1, -0.05) is 19.2 Å². The van der Waals surface area contributed by atoms with Gasteiger partial charge in [-0.25, -0.2) is 4.79 Å². The Hall–Kier alpha value is -1.84. The van der Waals surface area contributed by atoms with Gasteiger partial charge in [0.05, 0.1) is 11.3 Å². The number of nitrogens with zero attached hydrogens (tertiary/aromatic N) is 1. The third-order valence-electron chi connectivity index (χ3n) is 1.78. The van der Waals surface area contributed by atoms with Gasteiger partial charge < -0.3 is 4.98 Å². The maximum atomic E-state index is 11.4. The minimum atomic E-state index is -0.453. The molecule has 0 aromatic carbocycles. The molecule has 0 amide bonds. The number of H-pyrrole nitrogens is 1. The molecule has 0 aliphatic rings. The lowest BCUT2D eigenvalue weighted by atomic mass is 10.2. The van der Waals surface area contributed by atoms with Crippen molar-refractivity contribution in [3.8, 4) is 0 Å². The fourth-order valence-corrected chi connectivity index (χ4v) is 1.01. The van der Waals surface area contributed by atoms with Gasteiger partial charge in [-0.05, 0) is 6.08 Å². The average Bonchev–Trinajstić information content (AvgIpc) is 2.13. The smallest absolute Gasteiger partial charge is 0.307 e. The number of nitrogens with one attached hydrogen (secondary N) is 1. The fourth-order valence-electron chi connectivity index (χ4n) is 1.01. The van der Waals surface area contributed by atoms with Gasteiger partial charge in [0.1, 0.15) is 0 Å². The van der Waals surface area contributed by atoms with Gasteiger partial charge in [-0.3, -0.25) is 9.36 Å². The van der Waals surface area contributed by atoms with Crippen LogP contribution in [0.5, 0.6) is 0 Å². The number of hydrogen-bond acceptors (Lipinski definition) is 2. The van der Waals surface area contributed by atoms with Gasteiger partial charge in [0.25, 0.3) is 5.56 Å². The monoisotopic (exact) mass is 178 g/mol. The van der Waals surface area contributed by atoms with E-state index in [-0.39, 0.29) is 5.56 Å². The van der Waals surface area contributed by atoms with Crippen LogP contribution in [0, 0.1) is 0 Å². The summed E-state index contributed by atoms with van der Waals surface area (Å²) in [6.45, 7) is 6.97. The van der Waals surface area contributed by atoms with Gasteiger partial charge in [0.15, 0.2) is 0 Å². The molecule has 1 rings (SSSR count). The first kappa shape index (κ1) is 9.25. The van der Waals surface area contributed by atoms with Crippen LogP contribution >= 0.6 is 0 Å². The Morgan fingerprint density at radius 3 is 2.38 bits per heavy atom. The van der Waals surface area contributed by atoms with Crippen LogP contribution < -0.4 is 11.2 Å². The molecule has 0 atom stereocenters. The van der Waals surface area contributed by atoms with Crippen LogP contribution in [0.4, 0.5) is 0 Å². The summed E-state index contributed by atoms with van der Waals surface area (Å²) in [6, 6.07) is 0. The molecule has 13 heavy (non-hydrogen) atoms. The number of aromatic nitrogens is 2. The molecule has 0 saturated heterocycles. The van der Waals surface area contributed by atoms with Crippen molar-refractivity contribution in [2.24, 2.45) is 7.05 Å². The number of aromatic amines is 1. The largest absolute Gasteiger partial charge is 0.328 e. The van der Waals surface area contributed by atoms with Crippen LogP contribution in [0.25, 0.3) is 12.2 Å². The SMILES string of the molecule is C=Cc1[nH]c(=O)n(C)c(=O)c1C=C. The zero-order valence-corrected chi connectivity index (χ0v) is 7.33. The minimum absolute atomic E-state index is 0.358. The van der Waals surface area contributed by atoms with Gasteiger partial charge in [-0.2, -0.15) is 0 Å². The average molecular weight is 178 g/mol. The molecule has 68 valence electrons. The van der Waals surface area contributed by atoms with E-state index in [1.54, 1.807) is 0 Å². The maximum absolute atomic E-state index is 11.4. The van der Waals surface area contributed by atoms with Gasteiger partial charge >= 0.3 is 5.69 Å². The van der Waals surface area contributed by atoms with Crippen molar-refractivity contribution in [1.82, 2.24) is 9.55 Å². The molecule has 4 nitrogen and oxygen atoms in total. The standard InChI is InChI=1S/C9H10N2O2/c1-4-6-7(5-2)10-9(13)11(3)8(6)12/h4-5H,1-2H2,3H3,(H,10,13). The summed E-state index contributed by atoms with van der Waals surface area (Å²) in [5.74, 6) is 0. The van der Waals surface area contributed by atoms with E-state index < -0.39 is 5.69 Å². The topological polar surface area (TPSA) is 54.9 Å². The molecule has 4 heteroatoms. The van der Waals surface area contributed by atoms with Crippen molar-refractivity contribution >= 4 is 12.2 Å². The van der Waals surface area contributed by atoms with Gasteiger partial charge in [-0.15, -0.1) is 0 Å². The lowest BCUT2D eigenvalue weighted by Gasteiger charge is -2.01. The van der Waals surface area contributed by atoms with Gasteiger partial charge in [0.2, 0.25) is 0 Å². The Balaban J connectivity index is 3.78. The Bertz CT molecular complexity index is 465. The molecule has 1 aromatic rings. The minimum Gasteiger partial charge on any atom is -0.307 e. The fraction of sp³-hybridized carbons (Fsp3) is 0.111. The van der Waals surface area contributed by atoms with E-state index in [4.69, 9.17) is 0 Å². The van der Waals surface area contributed by atoms with E-state index >= 15 is 0 Å². The highest BCUT2D eigenvalue weighted by atomic mass is 16.2. The summed E-state index contributed by atoms with van der Waals surface area (Å²) in [4.78, 5) is 25.0. The normalized spacial score (nSPS) is 9.62. The van der Waals surface area contributed by atoms with Crippen LogP contribution in [-0.2, 0) is 7.05 Å². The molecule has 1 N–H and O–H groups in total. The first-order valence-electron chi connectivity index (χ1n) is 3.70. The first-order chi connectivity index (χ1) is 6.11. The molecular formula is C9H10N2O2. The zero-order chi connectivity index (χ0) is 10.0. The summed E-state index contributed by atoms with van der Waals surface area (Å²) in [5.41, 5.74) is -0.0562. The molecule has 0 aliphatic heterocycles. The summed E-state index contributed by atoms with van der Waals surface area (Å²) >= 11 is 0. The highest BCUT2D eigenvalue weighted by Gasteiger charge is 2.05. The van der Waals surface area contributed by atoms with Crippen LogP contribution in [0.3, 0.4) is 0 Å². The van der Waals surface area contributed by atoms with Crippen molar-refractivity contribution in [3.05, 3.63) is 45.3 Å². The Labute approximate surface area is 74.8 Å². The van der Waals surface area contributed by atoms with Crippen LogP contribution in [0.2, 0.25) is 0 Å². The lowest BCUT2D eigenvalue weighted by molar-refractivity contribution is 0.769. The predicted octanol–water partition coefficient (Wildman–Crippen LogP) is 0.360. The number of rotatable bonds is 2. The Kier molecular flexibility index (Phi) is 2.32. The Morgan fingerprint density at radius 2 is 1.92 bits per heavy atom. The van der Waals surface area contributed by atoms with E-state index in [2.05, 4.69) is 18.1 Å². The second kappa shape index (κ2) is 3.26. The summed E-state index contributed by atoms with van der Waals surface area (Å²) in [5, 5.41) is 0. The quantitative estimate of drug-likeness (QED) is 0.710. The third kappa shape index (κ3) is 1.38. The molecule has 0 saturated carbocycles. The highest BCUT2D eigenvalue weighted by molar-refractivity contribution is 5.59. The second-order valence-electron chi connectivity index (χ2n) is 2.53. The molecule has 0 radical (unpaired) electrons. The molecule has 0 unspecified atom stereocenters. The van der Waals surface area contributed by atoms with Crippen molar-refractivity contribution < 1.29 is 0 Å². The molecule has 0 fully saturated rings. The Morgan fingerprint density at radius 1 is 1.31 bits per heavy atom. The van der Waals surface area contributed by atoms with Crippen LogP contribution in [0.1, 0.15) is 11.3 Å². The van der Waals surface area contributed by atoms with Crippen molar-refractivity contribution in [2.45, 2.75) is 0 Å². The summed E-state index contributed by atoms with van der Waals surface area (Å²) in [7, 11) is 1.40. The molecular weight excluding hydrogens is 168 g/mol. The van der Waals surface area contributed by atoms with Crippen LogP contribution in [0.15, 0.2) is 22.7 Å². The van der Waals surface area contributed by atoms with E-state index in [0.29, 0.717) is 11.3 Å². The molecule has 0 aliphatic carbocycles. The van der Waals surface area contributed by atoms with Gasteiger partial charge in [0, 0.05) is 7.05 Å². The molecule has 0 bridgehead atoms. The van der Waals surface area contributed by atoms with Crippen molar-refractivity contribution in [3.63, 3.8) is 0 Å². The maximum Gasteiger partial charge on any atom is 0.328 e.